The minimum atomic E-state index is -0.193. The molecular formula is C16H21NO3. The average Bonchev–Trinajstić information content (AvgIpc) is 2.45. The number of rotatable bonds is 5. The zero-order chi connectivity index (χ0) is 15.0. The number of methoxy groups -OCH3 is 1. The number of nitrogens with one attached hydrogen (secondary N) is 1. The van der Waals surface area contributed by atoms with Crippen LogP contribution in [-0.4, -0.2) is 37.4 Å². The van der Waals surface area contributed by atoms with Gasteiger partial charge in [0.2, 0.25) is 0 Å². The lowest BCUT2D eigenvalue weighted by Gasteiger charge is -2.17. The number of carbonyl (C=O) groups is 1. The number of aliphatic hydroxyl groups is 1. The highest BCUT2D eigenvalue weighted by molar-refractivity contribution is 5.96. The third kappa shape index (κ3) is 4.37. The Morgan fingerprint density at radius 1 is 1.50 bits per heavy atom. The molecule has 0 bridgehead atoms. The monoisotopic (exact) mass is 275 g/mol. The van der Waals surface area contributed by atoms with Gasteiger partial charge in [-0.2, -0.15) is 0 Å². The summed E-state index contributed by atoms with van der Waals surface area (Å²) in [6, 6.07) is 5.40. The second kappa shape index (κ2) is 8.36. The van der Waals surface area contributed by atoms with E-state index in [1.54, 1.807) is 19.2 Å². The Morgan fingerprint density at radius 3 is 2.85 bits per heavy atom. The van der Waals surface area contributed by atoms with Gasteiger partial charge in [-0.15, -0.1) is 0 Å². The van der Waals surface area contributed by atoms with Crippen molar-refractivity contribution in [3.8, 4) is 11.8 Å². The molecule has 1 amide bonds. The van der Waals surface area contributed by atoms with Gasteiger partial charge in [-0.1, -0.05) is 24.8 Å². The topological polar surface area (TPSA) is 58.6 Å². The third-order valence-corrected chi connectivity index (χ3v) is 3.08. The summed E-state index contributed by atoms with van der Waals surface area (Å²) in [6.07, 6.45) is 0.808. The first kappa shape index (κ1) is 16.2. The van der Waals surface area contributed by atoms with Crippen LogP contribution < -0.4 is 5.32 Å². The van der Waals surface area contributed by atoms with Gasteiger partial charge in [-0.05, 0) is 31.0 Å². The number of hydrogen-bond donors (Lipinski definition) is 2. The second-order valence-electron chi connectivity index (χ2n) is 4.47. The summed E-state index contributed by atoms with van der Waals surface area (Å²) in [4.78, 5) is 12.3. The predicted octanol–water partition coefficient (Wildman–Crippen LogP) is 1.49. The van der Waals surface area contributed by atoms with Gasteiger partial charge in [0.15, 0.2) is 0 Å². The molecule has 0 aliphatic heterocycles. The van der Waals surface area contributed by atoms with Gasteiger partial charge in [0.1, 0.15) is 6.61 Å². The average molecular weight is 275 g/mol. The molecule has 0 aliphatic rings. The second-order valence-corrected chi connectivity index (χ2v) is 4.47. The molecule has 0 fully saturated rings. The molecule has 2 N–H and O–H groups in total. The molecule has 0 radical (unpaired) electrons. The van der Waals surface area contributed by atoms with Gasteiger partial charge in [0, 0.05) is 18.2 Å². The van der Waals surface area contributed by atoms with Gasteiger partial charge < -0.3 is 15.2 Å². The lowest BCUT2D eigenvalue weighted by molar-refractivity contribution is 0.0894. The molecule has 1 aromatic carbocycles. The van der Waals surface area contributed by atoms with Crippen LogP contribution in [-0.2, 0) is 4.74 Å². The molecule has 0 saturated heterocycles. The first-order chi connectivity index (χ1) is 9.63. The Hall–Kier alpha value is -1.83. The van der Waals surface area contributed by atoms with Crippen molar-refractivity contribution in [2.24, 2.45) is 0 Å². The van der Waals surface area contributed by atoms with Crippen molar-refractivity contribution in [2.75, 3.05) is 20.3 Å². The van der Waals surface area contributed by atoms with Gasteiger partial charge in [0.25, 0.3) is 5.91 Å². The largest absolute Gasteiger partial charge is 0.384 e. The van der Waals surface area contributed by atoms with Crippen molar-refractivity contribution in [1.82, 2.24) is 5.32 Å². The standard InChI is InChI=1S/C16H21NO3/c1-4-14(11-20-3)17-16(19)15-9-5-7-13(12(15)2)8-6-10-18/h5,7,9,14,18H,4,10-11H2,1-3H3,(H,17,19). The molecule has 1 aromatic rings. The van der Waals surface area contributed by atoms with E-state index in [4.69, 9.17) is 9.84 Å². The first-order valence-corrected chi connectivity index (χ1v) is 6.63. The van der Waals surface area contributed by atoms with Crippen LogP contribution in [0.1, 0.15) is 34.8 Å². The number of ether oxygens (including phenoxy) is 1. The highest BCUT2D eigenvalue weighted by atomic mass is 16.5. The Balaban J connectivity index is 2.93. The zero-order valence-electron chi connectivity index (χ0n) is 12.2. The maximum Gasteiger partial charge on any atom is 0.251 e. The molecule has 0 heterocycles. The fourth-order valence-corrected chi connectivity index (χ4v) is 1.88. The molecule has 1 rings (SSSR count). The van der Waals surface area contributed by atoms with E-state index < -0.39 is 0 Å². The van der Waals surface area contributed by atoms with Crippen molar-refractivity contribution < 1.29 is 14.6 Å². The minimum absolute atomic E-state index is 0.000850. The minimum Gasteiger partial charge on any atom is -0.384 e. The fourth-order valence-electron chi connectivity index (χ4n) is 1.88. The Bertz CT molecular complexity index is 514. The van der Waals surface area contributed by atoms with Crippen LogP contribution in [0.25, 0.3) is 0 Å². The van der Waals surface area contributed by atoms with Crippen LogP contribution in [0.3, 0.4) is 0 Å². The highest BCUT2D eigenvalue weighted by Crippen LogP contribution is 2.13. The summed E-state index contributed by atoms with van der Waals surface area (Å²) in [6.45, 7) is 4.15. The molecule has 0 aliphatic carbocycles. The van der Waals surface area contributed by atoms with E-state index in [1.807, 2.05) is 19.9 Å². The molecule has 0 spiro atoms. The lowest BCUT2D eigenvalue weighted by Crippen LogP contribution is -2.37. The van der Waals surface area contributed by atoms with E-state index in [-0.39, 0.29) is 18.6 Å². The normalized spacial score (nSPS) is 11.4. The van der Waals surface area contributed by atoms with E-state index in [0.717, 1.165) is 17.5 Å². The molecule has 20 heavy (non-hydrogen) atoms. The van der Waals surface area contributed by atoms with Crippen molar-refractivity contribution in [3.63, 3.8) is 0 Å². The van der Waals surface area contributed by atoms with Crippen LogP contribution in [0.5, 0.6) is 0 Å². The van der Waals surface area contributed by atoms with E-state index >= 15 is 0 Å². The Morgan fingerprint density at radius 2 is 2.25 bits per heavy atom. The van der Waals surface area contributed by atoms with E-state index in [0.29, 0.717) is 12.2 Å². The van der Waals surface area contributed by atoms with Crippen molar-refractivity contribution in [1.29, 1.82) is 0 Å². The highest BCUT2D eigenvalue weighted by Gasteiger charge is 2.14. The predicted molar refractivity (Wildman–Crippen MR) is 78.6 cm³/mol. The quantitative estimate of drug-likeness (QED) is 0.801. The van der Waals surface area contributed by atoms with Crippen molar-refractivity contribution in [3.05, 3.63) is 34.9 Å². The number of amides is 1. The molecule has 0 aromatic heterocycles. The molecule has 108 valence electrons. The Kier molecular flexibility index (Phi) is 6.78. The number of aliphatic hydroxyl groups excluding tert-OH is 1. The van der Waals surface area contributed by atoms with Crippen LogP contribution >= 0.6 is 0 Å². The summed E-state index contributed by atoms with van der Waals surface area (Å²) in [7, 11) is 1.62. The fraction of sp³-hybridized carbons (Fsp3) is 0.438. The number of hydrogen-bond acceptors (Lipinski definition) is 3. The molecule has 1 unspecified atom stereocenters. The molecule has 0 saturated carbocycles. The van der Waals surface area contributed by atoms with Crippen molar-refractivity contribution >= 4 is 5.91 Å². The van der Waals surface area contributed by atoms with Gasteiger partial charge in [0.05, 0.1) is 12.6 Å². The zero-order valence-corrected chi connectivity index (χ0v) is 12.2. The number of benzene rings is 1. The van der Waals surface area contributed by atoms with E-state index in [9.17, 15) is 4.79 Å². The summed E-state index contributed by atoms with van der Waals surface area (Å²) in [5.41, 5.74) is 2.18. The molecular weight excluding hydrogens is 254 g/mol. The summed E-state index contributed by atoms with van der Waals surface area (Å²) in [5.74, 6) is 5.32. The summed E-state index contributed by atoms with van der Waals surface area (Å²) >= 11 is 0. The van der Waals surface area contributed by atoms with Gasteiger partial charge >= 0.3 is 0 Å². The van der Waals surface area contributed by atoms with Gasteiger partial charge in [-0.3, -0.25) is 4.79 Å². The van der Waals surface area contributed by atoms with Gasteiger partial charge in [-0.25, -0.2) is 0 Å². The van der Waals surface area contributed by atoms with Crippen LogP contribution in [0.2, 0.25) is 0 Å². The van der Waals surface area contributed by atoms with Crippen LogP contribution in [0.15, 0.2) is 18.2 Å². The molecule has 4 nitrogen and oxygen atoms in total. The lowest BCUT2D eigenvalue weighted by atomic mass is 10.0. The summed E-state index contributed by atoms with van der Waals surface area (Å²) < 4.78 is 5.07. The molecule has 1 atom stereocenters. The maximum atomic E-state index is 12.3. The Labute approximate surface area is 120 Å². The van der Waals surface area contributed by atoms with Crippen LogP contribution in [0, 0.1) is 18.8 Å². The SMILES string of the molecule is CCC(COC)NC(=O)c1cccc(C#CCO)c1C. The smallest absolute Gasteiger partial charge is 0.251 e. The van der Waals surface area contributed by atoms with Crippen molar-refractivity contribution in [2.45, 2.75) is 26.3 Å². The van der Waals surface area contributed by atoms with Crippen LogP contribution in [0.4, 0.5) is 0 Å². The summed E-state index contributed by atoms with van der Waals surface area (Å²) in [5, 5.41) is 11.7. The van der Waals surface area contributed by atoms with E-state index in [2.05, 4.69) is 17.2 Å². The molecule has 4 heteroatoms. The number of carbonyl (C=O) groups excluding carboxylic acids is 1. The first-order valence-electron chi connectivity index (χ1n) is 6.63. The maximum absolute atomic E-state index is 12.3. The third-order valence-electron chi connectivity index (χ3n) is 3.08. The van der Waals surface area contributed by atoms with E-state index in [1.165, 1.54) is 0 Å².